The van der Waals surface area contributed by atoms with Gasteiger partial charge in [0.2, 0.25) is 0 Å². The molecule has 1 aromatic heterocycles. The Balaban J connectivity index is 2.47. The first kappa shape index (κ1) is 15.9. The Morgan fingerprint density at radius 3 is 2.57 bits per heavy atom. The Kier molecular flexibility index (Phi) is 5.70. The number of hydrogen-bond donors (Lipinski definition) is 1. The average Bonchev–Trinajstić information content (AvgIpc) is 2.93. The van der Waals surface area contributed by atoms with Crippen LogP contribution in [0.4, 0.5) is 0 Å². The Morgan fingerprint density at radius 2 is 2.00 bits per heavy atom. The van der Waals surface area contributed by atoms with Crippen molar-refractivity contribution in [3.8, 4) is 11.5 Å². The van der Waals surface area contributed by atoms with Crippen LogP contribution in [0.1, 0.15) is 30.5 Å². The first-order valence-electron chi connectivity index (χ1n) is 6.89. The summed E-state index contributed by atoms with van der Waals surface area (Å²) in [4.78, 5) is 0. The maximum Gasteiger partial charge on any atom is 0.174 e. The van der Waals surface area contributed by atoms with E-state index in [4.69, 9.17) is 13.9 Å². The Hall–Kier alpha value is -1.46. The molecule has 1 unspecified atom stereocenters. The zero-order valence-electron chi connectivity index (χ0n) is 12.5. The van der Waals surface area contributed by atoms with Crippen LogP contribution >= 0.6 is 15.9 Å². The van der Waals surface area contributed by atoms with E-state index in [-0.39, 0.29) is 6.04 Å². The van der Waals surface area contributed by atoms with Crippen molar-refractivity contribution in [2.24, 2.45) is 0 Å². The Labute approximate surface area is 133 Å². The monoisotopic (exact) mass is 353 g/mol. The second-order valence-corrected chi connectivity index (χ2v) is 5.36. The van der Waals surface area contributed by atoms with Gasteiger partial charge in [0.05, 0.1) is 26.5 Å². The molecule has 0 saturated carbocycles. The van der Waals surface area contributed by atoms with Crippen molar-refractivity contribution in [3.63, 3.8) is 0 Å². The van der Waals surface area contributed by atoms with Crippen molar-refractivity contribution in [3.05, 3.63) is 46.3 Å². The molecule has 0 saturated heterocycles. The average molecular weight is 354 g/mol. The van der Waals surface area contributed by atoms with Crippen molar-refractivity contribution in [1.29, 1.82) is 0 Å². The van der Waals surface area contributed by atoms with Crippen molar-refractivity contribution in [2.45, 2.75) is 19.4 Å². The quantitative estimate of drug-likeness (QED) is 0.811. The van der Waals surface area contributed by atoms with Crippen molar-refractivity contribution >= 4 is 15.9 Å². The van der Waals surface area contributed by atoms with Gasteiger partial charge >= 0.3 is 0 Å². The summed E-state index contributed by atoms with van der Waals surface area (Å²) in [6, 6.07) is 7.73. The molecule has 0 aliphatic rings. The van der Waals surface area contributed by atoms with Gasteiger partial charge in [0.1, 0.15) is 11.5 Å². The molecule has 0 bridgehead atoms. The number of rotatable bonds is 7. The largest absolute Gasteiger partial charge is 0.497 e. The third-order valence-corrected chi connectivity index (χ3v) is 3.95. The van der Waals surface area contributed by atoms with E-state index in [0.717, 1.165) is 40.3 Å². The molecule has 0 fully saturated rings. The summed E-state index contributed by atoms with van der Waals surface area (Å²) in [5.74, 6) is 1.62. The molecule has 1 heterocycles. The SMILES string of the molecule is CCCNC(c1cc(OC)ccc1OC)c1ccoc1Br. The van der Waals surface area contributed by atoms with Crippen LogP contribution < -0.4 is 14.8 Å². The number of hydrogen-bond acceptors (Lipinski definition) is 4. The van der Waals surface area contributed by atoms with Crippen molar-refractivity contribution in [2.75, 3.05) is 20.8 Å². The van der Waals surface area contributed by atoms with Gasteiger partial charge in [-0.2, -0.15) is 0 Å². The fraction of sp³-hybridized carbons (Fsp3) is 0.375. The van der Waals surface area contributed by atoms with Crippen LogP contribution in [0.25, 0.3) is 0 Å². The molecule has 0 aliphatic carbocycles. The lowest BCUT2D eigenvalue weighted by Gasteiger charge is -2.21. The molecular formula is C16H20BrNO3. The van der Waals surface area contributed by atoms with Crippen molar-refractivity contribution < 1.29 is 13.9 Å². The summed E-state index contributed by atoms with van der Waals surface area (Å²) in [6.07, 6.45) is 2.71. The van der Waals surface area contributed by atoms with Crippen LogP contribution in [0.5, 0.6) is 11.5 Å². The third kappa shape index (κ3) is 3.60. The van der Waals surface area contributed by atoms with Gasteiger partial charge < -0.3 is 19.2 Å². The molecule has 0 amide bonds. The van der Waals surface area contributed by atoms with Crippen molar-refractivity contribution in [1.82, 2.24) is 5.32 Å². The molecular weight excluding hydrogens is 334 g/mol. The molecule has 114 valence electrons. The summed E-state index contributed by atoms with van der Waals surface area (Å²) in [6.45, 7) is 3.03. The first-order valence-corrected chi connectivity index (χ1v) is 7.68. The van der Waals surface area contributed by atoms with Gasteiger partial charge in [0.15, 0.2) is 4.67 Å². The van der Waals surface area contributed by atoms with Crippen LogP contribution in [0.15, 0.2) is 39.6 Å². The lowest BCUT2D eigenvalue weighted by molar-refractivity contribution is 0.393. The second kappa shape index (κ2) is 7.52. The predicted molar refractivity (Wildman–Crippen MR) is 86.1 cm³/mol. The maximum atomic E-state index is 5.50. The van der Waals surface area contributed by atoms with Gasteiger partial charge in [0, 0.05) is 11.1 Å². The number of benzene rings is 1. The molecule has 21 heavy (non-hydrogen) atoms. The summed E-state index contributed by atoms with van der Waals surface area (Å²) >= 11 is 3.46. The van der Waals surface area contributed by atoms with Crippen LogP contribution in [-0.4, -0.2) is 20.8 Å². The van der Waals surface area contributed by atoms with Gasteiger partial charge in [-0.3, -0.25) is 0 Å². The number of furan rings is 1. The fourth-order valence-corrected chi connectivity index (χ4v) is 2.72. The molecule has 0 spiro atoms. The Morgan fingerprint density at radius 1 is 1.19 bits per heavy atom. The standard InChI is InChI=1S/C16H20BrNO3/c1-4-8-18-15(12-7-9-21-16(12)17)13-10-11(19-2)5-6-14(13)20-3/h5-7,9-10,15,18H,4,8H2,1-3H3. The highest BCUT2D eigenvalue weighted by molar-refractivity contribution is 9.10. The lowest BCUT2D eigenvalue weighted by Crippen LogP contribution is -2.23. The van der Waals surface area contributed by atoms with E-state index >= 15 is 0 Å². The van der Waals surface area contributed by atoms with E-state index in [0.29, 0.717) is 0 Å². The maximum absolute atomic E-state index is 5.50. The van der Waals surface area contributed by atoms with E-state index in [1.807, 2.05) is 24.3 Å². The van der Waals surface area contributed by atoms with Crippen LogP contribution in [0, 0.1) is 0 Å². The molecule has 1 N–H and O–H groups in total. The van der Waals surface area contributed by atoms with E-state index in [1.165, 1.54) is 0 Å². The van der Waals surface area contributed by atoms with Crippen LogP contribution in [0.2, 0.25) is 0 Å². The minimum Gasteiger partial charge on any atom is -0.497 e. The third-order valence-electron chi connectivity index (χ3n) is 3.30. The van der Waals surface area contributed by atoms with E-state index in [9.17, 15) is 0 Å². The molecule has 2 rings (SSSR count). The number of halogens is 1. The molecule has 0 aliphatic heterocycles. The zero-order chi connectivity index (χ0) is 15.2. The molecule has 1 aromatic carbocycles. The number of methoxy groups -OCH3 is 2. The predicted octanol–water partition coefficient (Wildman–Crippen LogP) is 4.15. The zero-order valence-corrected chi connectivity index (χ0v) is 14.1. The minimum absolute atomic E-state index is 0.0249. The highest BCUT2D eigenvalue weighted by atomic mass is 79.9. The van der Waals surface area contributed by atoms with Gasteiger partial charge in [-0.15, -0.1) is 0 Å². The lowest BCUT2D eigenvalue weighted by atomic mass is 9.99. The highest BCUT2D eigenvalue weighted by Crippen LogP contribution is 2.36. The summed E-state index contributed by atoms with van der Waals surface area (Å²) in [5, 5.41) is 3.53. The van der Waals surface area contributed by atoms with Crippen LogP contribution in [0.3, 0.4) is 0 Å². The normalized spacial score (nSPS) is 12.2. The molecule has 1 atom stereocenters. The van der Waals surface area contributed by atoms with E-state index in [2.05, 4.69) is 28.2 Å². The smallest absolute Gasteiger partial charge is 0.174 e. The summed E-state index contributed by atoms with van der Waals surface area (Å²) in [7, 11) is 3.33. The molecule has 5 heteroatoms. The minimum atomic E-state index is -0.0249. The Bertz CT molecular complexity index is 583. The molecule has 2 aromatic rings. The summed E-state index contributed by atoms with van der Waals surface area (Å²) in [5.41, 5.74) is 2.06. The molecule has 0 radical (unpaired) electrons. The van der Waals surface area contributed by atoms with Gasteiger partial charge in [0.25, 0.3) is 0 Å². The van der Waals surface area contributed by atoms with Gasteiger partial charge in [-0.05, 0) is 53.2 Å². The molecule has 4 nitrogen and oxygen atoms in total. The van der Waals surface area contributed by atoms with Gasteiger partial charge in [-0.1, -0.05) is 6.92 Å². The number of ether oxygens (including phenoxy) is 2. The van der Waals surface area contributed by atoms with Gasteiger partial charge in [-0.25, -0.2) is 0 Å². The summed E-state index contributed by atoms with van der Waals surface area (Å²) < 4.78 is 16.9. The topological polar surface area (TPSA) is 43.6 Å². The van der Waals surface area contributed by atoms with E-state index < -0.39 is 0 Å². The van der Waals surface area contributed by atoms with E-state index in [1.54, 1.807) is 20.5 Å². The first-order chi connectivity index (χ1) is 10.2. The number of nitrogens with one attached hydrogen (secondary N) is 1. The van der Waals surface area contributed by atoms with Crippen LogP contribution in [-0.2, 0) is 0 Å². The highest BCUT2D eigenvalue weighted by Gasteiger charge is 2.22. The second-order valence-electron chi connectivity index (χ2n) is 4.64. The fourth-order valence-electron chi connectivity index (χ4n) is 2.25.